The highest BCUT2D eigenvalue weighted by atomic mass is 32.2. The van der Waals surface area contributed by atoms with Gasteiger partial charge in [-0.25, -0.2) is 12.8 Å². The van der Waals surface area contributed by atoms with Crippen LogP contribution in [0.25, 0.3) is 0 Å². The molecule has 0 unspecified atom stereocenters. The van der Waals surface area contributed by atoms with Crippen molar-refractivity contribution in [1.82, 2.24) is 0 Å². The monoisotopic (exact) mass is 283 g/mol. The van der Waals surface area contributed by atoms with Gasteiger partial charge in [-0.2, -0.15) is 5.26 Å². The standard InChI is InChI=1S/C14H18FNO2S/c1-3-9-14(11-16,10-4-2)19(17,18)13-7-5-12(15)6-8-13/h5-8H,3-4,9-10H2,1-2H3. The van der Waals surface area contributed by atoms with E-state index in [0.29, 0.717) is 12.8 Å². The van der Waals surface area contributed by atoms with Crippen molar-refractivity contribution in [2.75, 3.05) is 0 Å². The maximum absolute atomic E-state index is 12.9. The summed E-state index contributed by atoms with van der Waals surface area (Å²) < 4.78 is 36.7. The number of hydrogen-bond donors (Lipinski definition) is 0. The van der Waals surface area contributed by atoms with Gasteiger partial charge < -0.3 is 0 Å². The Kier molecular flexibility index (Phi) is 5.07. The third kappa shape index (κ3) is 2.95. The Hall–Kier alpha value is -1.41. The highest BCUT2D eigenvalue weighted by Crippen LogP contribution is 2.34. The Bertz CT molecular complexity index is 552. The number of rotatable bonds is 6. The van der Waals surface area contributed by atoms with E-state index in [1.54, 1.807) is 0 Å². The van der Waals surface area contributed by atoms with E-state index in [-0.39, 0.29) is 17.7 Å². The predicted octanol–water partition coefficient (Wildman–Crippen LogP) is 3.46. The normalized spacial score (nSPS) is 12.1. The summed E-state index contributed by atoms with van der Waals surface area (Å²) in [6, 6.07) is 6.65. The number of nitriles is 1. The fourth-order valence-electron chi connectivity index (χ4n) is 2.21. The smallest absolute Gasteiger partial charge is 0.197 e. The zero-order valence-corrected chi connectivity index (χ0v) is 12.0. The van der Waals surface area contributed by atoms with Crippen molar-refractivity contribution in [2.24, 2.45) is 0 Å². The Balaban J connectivity index is 3.35. The van der Waals surface area contributed by atoms with Gasteiger partial charge in [-0.15, -0.1) is 0 Å². The summed E-state index contributed by atoms with van der Waals surface area (Å²) in [5.41, 5.74) is 0. The summed E-state index contributed by atoms with van der Waals surface area (Å²) in [7, 11) is -3.78. The first-order chi connectivity index (χ1) is 8.93. The zero-order valence-electron chi connectivity index (χ0n) is 11.2. The molecule has 0 aliphatic heterocycles. The largest absolute Gasteiger partial charge is 0.222 e. The second-order valence-corrected chi connectivity index (χ2v) is 6.82. The molecular formula is C14H18FNO2S. The lowest BCUT2D eigenvalue weighted by atomic mass is 9.99. The average molecular weight is 283 g/mol. The molecule has 0 radical (unpaired) electrons. The number of sulfone groups is 1. The Morgan fingerprint density at radius 1 is 1.16 bits per heavy atom. The summed E-state index contributed by atoms with van der Waals surface area (Å²) in [5, 5.41) is 9.39. The van der Waals surface area contributed by atoms with Crippen LogP contribution in [0.2, 0.25) is 0 Å². The second kappa shape index (κ2) is 6.16. The van der Waals surface area contributed by atoms with Gasteiger partial charge in [0.2, 0.25) is 0 Å². The van der Waals surface area contributed by atoms with Crippen LogP contribution < -0.4 is 0 Å². The molecule has 0 aliphatic rings. The van der Waals surface area contributed by atoms with Gasteiger partial charge in [-0.3, -0.25) is 0 Å². The molecule has 0 atom stereocenters. The van der Waals surface area contributed by atoms with E-state index in [0.717, 1.165) is 12.1 Å². The van der Waals surface area contributed by atoms with Crippen molar-refractivity contribution in [3.63, 3.8) is 0 Å². The highest BCUT2D eigenvalue weighted by molar-refractivity contribution is 7.93. The van der Waals surface area contributed by atoms with Crippen LogP contribution in [0.5, 0.6) is 0 Å². The van der Waals surface area contributed by atoms with Crippen LogP contribution in [0, 0.1) is 17.1 Å². The lowest BCUT2D eigenvalue weighted by molar-refractivity contribution is 0.508. The van der Waals surface area contributed by atoms with Crippen LogP contribution >= 0.6 is 0 Å². The van der Waals surface area contributed by atoms with Gasteiger partial charge in [0.15, 0.2) is 14.6 Å². The predicted molar refractivity (Wildman–Crippen MR) is 71.7 cm³/mol. The van der Waals surface area contributed by atoms with Gasteiger partial charge in [0.1, 0.15) is 5.82 Å². The lowest BCUT2D eigenvalue weighted by Gasteiger charge is -2.25. The van der Waals surface area contributed by atoms with Crippen molar-refractivity contribution in [3.8, 4) is 6.07 Å². The van der Waals surface area contributed by atoms with Gasteiger partial charge in [0, 0.05) is 0 Å². The van der Waals surface area contributed by atoms with E-state index in [9.17, 15) is 18.1 Å². The molecule has 0 amide bonds. The van der Waals surface area contributed by atoms with Crippen LogP contribution in [0.1, 0.15) is 39.5 Å². The van der Waals surface area contributed by atoms with Crippen LogP contribution in [-0.4, -0.2) is 13.2 Å². The Labute approximate surface area is 114 Å². The zero-order chi connectivity index (χ0) is 14.5. The molecule has 1 aromatic rings. The maximum atomic E-state index is 12.9. The molecule has 0 saturated heterocycles. The first-order valence-electron chi connectivity index (χ1n) is 6.35. The van der Waals surface area contributed by atoms with Gasteiger partial charge in [-0.1, -0.05) is 26.7 Å². The van der Waals surface area contributed by atoms with Gasteiger partial charge in [0.25, 0.3) is 0 Å². The Morgan fingerprint density at radius 2 is 1.63 bits per heavy atom. The fourth-order valence-corrected chi connectivity index (χ4v) is 4.22. The van der Waals surface area contributed by atoms with Crippen LogP contribution in [-0.2, 0) is 9.84 Å². The third-order valence-corrected chi connectivity index (χ3v) is 5.57. The molecule has 0 bridgehead atoms. The summed E-state index contributed by atoms with van der Waals surface area (Å²) in [4.78, 5) is 0.0114. The molecule has 0 aliphatic carbocycles. The number of nitrogens with zero attached hydrogens (tertiary/aromatic N) is 1. The van der Waals surface area contributed by atoms with Crippen LogP contribution in [0.3, 0.4) is 0 Å². The summed E-state index contributed by atoms with van der Waals surface area (Å²) >= 11 is 0. The van der Waals surface area contributed by atoms with Crippen LogP contribution in [0.15, 0.2) is 29.2 Å². The molecule has 0 fully saturated rings. The molecule has 0 saturated carbocycles. The lowest BCUT2D eigenvalue weighted by Crippen LogP contribution is -2.37. The topological polar surface area (TPSA) is 57.9 Å². The summed E-state index contributed by atoms with van der Waals surface area (Å²) in [6.07, 6.45) is 1.79. The van der Waals surface area contributed by atoms with Crippen molar-refractivity contribution in [2.45, 2.75) is 49.2 Å². The Morgan fingerprint density at radius 3 is 2.00 bits per heavy atom. The third-order valence-electron chi connectivity index (χ3n) is 3.15. The van der Waals surface area contributed by atoms with Crippen molar-refractivity contribution < 1.29 is 12.8 Å². The molecule has 1 rings (SSSR count). The average Bonchev–Trinajstić information content (AvgIpc) is 2.38. The van der Waals surface area contributed by atoms with E-state index >= 15 is 0 Å². The van der Waals surface area contributed by atoms with E-state index < -0.39 is 20.4 Å². The quantitative estimate of drug-likeness (QED) is 0.751. The first-order valence-corrected chi connectivity index (χ1v) is 7.83. The van der Waals surface area contributed by atoms with Crippen molar-refractivity contribution in [3.05, 3.63) is 30.1 Å². The van der Waals surface area contributed by atoms with E-state index in [1.807, 2.05) is 19.9 Å². The van der Waals surface area contributed by atoms with E-state index in [1.165, 1.54) is 12.1 Å². The molecular weight excluding hydrogens is 265 g/mol. The molecule has 0 N–H and O–H groups in total. The number of hydrogen-bond acceptors (Lipinski definition) is 3. The maximum Gasteiger partial charge on any atom is 0.197 e. The molecule has 104 valence electrons. The number of halogens is 1. The SMILES string of the molecule is CCCC(C#N)(CCC)S(=O)(=O)c1ccc(F)cc1. The fraction of sp³-hybridized carbons (Fsp3) is 0.500. The second-order valence-electron chi connectivity index (χ2n) is 4.56. The van der Waals surface area contributed by atoms with E-state index in [4.69, 9.17) is 0 Å². The molecule has 0 aromatic heterocycles. The number of benzene rings is 1. The minimum Gasteiger partial charge on any atom is -0.222 e. The van der Waals surface area contributed by atoms with Gasteiger partial charge >= 0.3 is 0 Å². The molecule has 3 nitrogen and oxygen atoms in total. The van der Waals surface area contributed by atoms with Gasteiger partial charge in [0.05, 0.1) is 11.0 Å². The minimum atomic E-state index is -3.78. The summed E-state index contributed by atoms with van der Waals surface area (Å²) in [6.45, 7) is 3.70. The summed E-state index contributed by atoms with van der Waals surface area (Å²) in [5.74, 6) is -0.493. The highest BCUT2D eigenvalue weighted by Gasteiger charge is 2.43. The molecule has 0 heterocycles. The minimum absolute atomic E-state index is 0.0114. The molecule has 0 spiro atoms. The molecule has 5 heteroatoms. The molecule has 19 heavy (non-hydrogen) atoms. The molecule has 1 aromatic carbocycles. The van der Waals surface area contributed by atoms with Crippen molar-refractivity contribution >= 4 is 9.84 Å². The van der Waals surface area contributed by atoms with Gasteiger partial charge in [-0.05, 0) is 37.1 Å². The van der Waals surface area contributed by atoms with E-state index in [2.05, 4.69) is 0 Å². The van der Waals surface area contributed by atoms with Crippen molar-refractivity contribution in [1.29, 1.82) is 5.26 Å². The van der Waals surface area contributed by atoms with Crippen LogP contribution in [0.4, 0.5) is 4.39 Å². The first kappa shape index (κ1) is 15.6.